The van der Waals surface area contributed by atoms with Gasteiger partial charge in [0.1, 0.15) is 5.75 Å². The lowest BCUT2D eigenvalue weighted by molar-refractivity contribution is -0.136. The van der Waals surface area contributed by atoms with Gasteiger partial charge < -0.3 is 10.1 Å². The molecule has 2 amide bonds. The van der Waals surface area contributed by atoms with E-state index in [4.69, 9.17) is 16.3 Å². The zero-order chi connectivity index (χ0) is 24.8. The largest absolute Gasteiger partial charge is 0.422 e. The van der Waals surface area contributed by atoms with Crippen LogP contribution in [-0.2, 0) is 9.59 Å². The molecule has 0 aliphatic carbocycles. The first-order valence-electron chi connectivity index (χ1n) is 10.6. The van der Waals surface area contributed by atoms with Crippen LogP contribution in [0, 0.1) is 6.92 Å². The zero-order valence-corrected chi connectivity index (χ0v) is 19.4. The number of aryl methyl sites for hydroxylation is 1. The van der Waals surface area contributed by atoms with Gasteiger partial charge in [-0.2, -0.15) is 5.10 Å². The SMILES string of the molecule is Cc1cccc(C(=O)Oc2ccc3ccccc3c2C=NNC(=O)C(=O)Nc2ccc(Cl)cc2)c1. The summed E-state index contributed by atoms with van der Waals surface area (Å²) in [6, 6.07) is 24.3. The van der Waals surface area contributed by atoms with Crippen molar-refractivity contribution in [1.82, 2.24) is 5.43 Å². The van der Waals surface area contributed by atoms with E-state index in [0.29, 0.717) is 21.8 Å². The molecule has 0 bridgehead atoms. The summed E-state index contributed by atoms with van der Waals surface area (Å²) in [6.45, 7) is 1.89. The van der Waals surface area contributed by atoms with E-state index in [0.717, 1.165) is 16.3 Å². The number of rotatable bonds is 5. The molecule has 0 aliphatic heterocycles. The Balaban J connectivity index is 1.54. The van der Waals surface area contributed by atoms with Crippen molar-refractivity contribution in [3.8, 4) is 5.75 Å². The van der Waals surface area contributed by atoms with E-state index in [1.54, 1.807) is 48.5 Å². The number of nitrogens with one attached hydrogen (secondary N) is 2. The smallest absolute Gasteiger partial charge is 0.343 e. The fraction of sp³-hybridized carbons (Fsp3) is 0.0370. The molecule has 0 fully saturated rings. The minimum absolute atomic E-state index is 0.263. The van der Waals surface area contributed by atoms with Gasteiger partial charge in [0.25, 0.3) is 0 Å². The Hall–Kier alpha value is -4.49. The molecule has 0 radical (unpaired) electrons. The maximum absolute atomic E-state index is 12.7. The molecule has 4 aromatic rings. The minimum atomic E-state index is -0.963. The summed E-state index contributed by atoms with van der Waals surface area (Å²) in [6.07, 6.45) is 1.34. The van der Waals surface area contributed by atoms with Crippen LogP contribution in [0.4, 0.5) is 5.69 Å². The number of esters is 1. The molecule has 7 nitrogen and oxygen atoms in total. The number of anilines is 1. The molecule has 0 saturated heterocycles. The van der Waals surface area contributed by atoms with Gasteiger partial charge in [-0.3, -0.25) is 9.59 Å². The third-order valence-electron chi connectivity index (χ3n) is 5.06. The Morgan fingerprint density at radius 1 is 0.886 bits per heavy atom. The minimum Gasteiger partial charge on any atom is -0.422 e. The number of carbonyl (C=O) groups excluding carboxylic acids is 3. The molecule has 35 heavy (non-hydrogen) atoms. The van der Waals surface area contributed by atoms with Crippen molar-refractivity contribution >= 4 is 52.1 Å². The van der Waals surface area contributed by atoms with Crippen LogP contribution in [0.25, 0.3) is 10.8 Å². The Kier molecular flexibility index (Phi) is 7.18. The lowest BCUT2D eigenvalue weighted by Crippen LogP contribution is -2.32. The van der Waals surface area contributed by atoms with Crippen molar-refractivity contribution < 1.29 is 19.1 Å². The predicted molar refractivity (Wildman–Crippen MR) is 136 cm³/mol. The topological polar surface area (TPSA) is 96.9 Å². The molecular weight excluding hydrogens is 466 g/mol. The van der Waals surface area contributed by atoms with Crippen LogP contribution < -0.4 is 15.5 Å². The van der Waals surface area contributed by atoms with Crippen LogP contribution in [0.2, 0.25) is 5.02 Å². The van der Waals surface area contributed by atoms with E-state index < -0.39 is 17.8 Å². The average molecular weight is 486 g/mol. The maximum atomic E-state index is 12.7. The standard InChI is InChI=1S/C27H20ClN3O4/c1-17-5-4-7-19(15-17)27(34)35-24-14-9-18-6-2-3-8-22(18)23(24)16-29-31-26(33)25(32)30-21-12-10-20(28)11-13-21/h2-16H,1H3,(H,30,32)(H,31,33). The van der Waals surface area contributed by atoms with Crippen molar-refractivity contribution in [1.29, 1.82) is 0 Å². The number of hydrogen-bond donors (Lipinski definition) is 2. The molecule has 4 rings (SSSR count). The Labute approximate surface area is 206 Å². The number of hydrogen-bond acceptors (Lipinski definition) is 5. The van der Waals surface area contributed by atoms with Gasteiger partial charge in [0.2, 0.25) is 0 Å². The summed E-state index contributed by atoms with van der Waals surface area (Å²) in [5, 5.41) is 8.53. The number of carbonyl (C=O) groups is 3. The normalized spacial score (nSPS) is 10.8. The van der Waals surface area contributed by atoms with E-state index in [2.05, 4.69) is 15.8 Å². The average Bonchev–Trinajstić information content (AvgIpc) is 2.86. The van der Waals surface area contributed by atoms with Crippen molar-refractivity contribution in [2.75, 3.05) is 5.32 Å². The van der Waals surface area contributed by atoms with E-state index in [9.17, 15) is 14.4 Å². The zero-order valence-electron chi connectivity index (χ0n) is 18.6. The lowest BCUT2D eigenvalue weighted by atomic mass is 10.0. The summed E-state index contributed by atoms with van der Waals surface area (Å²) in [7, 11) is 0. The number of benzene rings is 4. The molecule has 0 aliphatic rings. The molecule has 4 aromatic carbocycles. The van der Waals surface area contributed by atoms with Gasteiger partial charge in [-0.15, -0.1) is 0 Å². The molecule has 0 spiro atoms. The summed E-state index contributed by atoms with van der Waals surface area (Å²) in [5.41, 5.74) is 4.43. The monoisotopic (exact) mass is 485 g/mol. The van der Waals surface area contributed by atoms with E-state index in [1.807, 2.05) is 43.3 Å². The van der Waals surface area contributed by atoms with E-state index in [1.165, 1.54) is 6.21 Å². The Morgan fingerprint density at radius 3 is 2.43 bits per heavy atom. The van der Waals surface area contributed by atoms with Gasteiger partial charge >= 0.3 is 17.8 Å². The first-order chi connectivity index (χ1) is 16.9. The molecular formula is C27H20ClN3O4. The molecule has 174 valence electrons. The quantitative estimate of drug-likeness (QED) is 0.135. The first-order valence-corrected chi connectivity index (χ1v) is 11.0. The van der Waals surface area contributed by atoms with Crippen molar-refractivity contribution in [3.05, 3.63) is 107 Å². The van der Waals surface area contributed by atoms with Crippen LogP contribution in [0.1, 0.15) is 21.5 Å². The van der Waals surface area contributed by atoms with Gasteiger partial charge in [0.05, 0.1) is 11.8 Å². The number of ether oxygens (including phenoxy) is 1. The lowest BCUT2D eigenvalue weighted by Gasteiger charge is -2.11. The number of hydrazone groups is 1. The molecule has 8 heteroatoms. The molecule has 2 N–H and O–H groups in total. The second kappa shape index (κ2) is 10.6. The predicted octanol–water partition coefficient (Wildman–Crippen LogP) is 5.11. The molecule has 0 aromatic heterocycles. The summed E-state index contributed by atoms with van der Waals surface area (Å²) >= 11 is 5.82. The fourth-order valence-electron chi connectivity index (χ4n) is 3.36. The van der Waals surface area contributed by atoms with Crippen LogP contribution in [0.5, 0.6) is 5.75 Å². The highest BCUT2D eigenvalue weighted by atomic mass is 35.5. The number of halogens is 1. The van der Waals surface area contributed by atoms with Crippen molar-refractivity contribution in [2.24, 2.45) is 5.10 Å². The fourth-order valence-corrected chi connectivity index (χ4v) is 3.48. The van der Waals surface area contributed by atoms with Gasteiger partial charge in [-0.1, -0.05) is 59.6 Å². The van der Waals surface area contributed by atoms with E-state index >= 15 is 0 Å². The molecule has 0 saturated carbocycles. The van der Waals surface area contributed by atoms with Gasteiger partial charge in [0, 0.05) is 16.3 Å². The molecule has 0 heterocycles. The van der Waals surface area contributed by atoms with Crippen molar-refractivity contribution in [3.63, 3.8) is 0 Å². The molecule has 0 unspecified atom stereocenters. The third kappa shape index (κ3) is 5.90. The van der Waals surface area contributed by atoms with Gasteiger partial charge in [-0.05, 0) is 60.2 Å². The number of fused-ring (bicyclic) bond motifs is 1. The van der Waals surface area contributed by atoms with E-state index in [-0.39, 0.29) is 5.75 Å². The Morgan fingerprint density at radius 2 is 1.66 bits per heavy atom. The van der Waals surface area contributed by atoms with Gasteiger partial charge in [-0.25, -0.2) is 10.2 Å². The van der Waals surface area contributed by atoms with Crippen LogP contribution in [0.3, 0.4) is 0 Å². The first kappa shape index (κ1) is 23.7. The highest BCUT2D eigenvalue weighted by molar-refractivity contribution is 6.39. The third-order valence-corrected chi connectivity index (χ3v) is 5.31. The molecule has 0 atom stereocenters. The second-order valence-electron chi connectivity index (χ2n) is 7.62. The van der Waals surface area contributed by atoms with Crippen LogP contribution >= 0.6 is 11.6 Å². The number of nitrogens with zero attached hydrogens (tertiary/aromatic N) is 1. The van der Waals surface area contributed by atoms with Crippen LogP contribution in [-0.4, -0.2) is 24.0 Å². The summed E-state index contributed by atoms with van der Waals surface area (Å²) in [4.78, 5) is 37.1. The summed E-state index contributed by atoms with van der Waals surface area (Å²) in [5.74, 6) is -2.12. The summed E-state index contributed by atoms with van der Waals surface area (Å²) < 4.78 is 5.66. The Bertz CT molecular complexity index is 1450. The highest BCUT2D eigenvalue weighted by Gasteiger charge is 2.15. The highest BCUT2D eigenvalue weighted by Crippen LogP contribution is 2.27. The second-order valence-corrected chi connectivity index (χ2v) is 8.05. The van der Waals surface area contributed by atoms with Crippen LogP contribution in [0.15, 0.2) is 90.0 Å². The van der Waals surface area contributed by atoms with Crippen molar-refractivity contribution in [2.45, 2.75) is 6.92 Å². The van der Waals surface area contributed by atoms with Gasteiger partial charge in [0.15, 0.2) is 0 Å². The maximum Gasteiger partial charge on any atom is 0.343 e. The number of amides is 2.